The molecule has 2 aliphatic carbocycles. The maximum absolute atomic E-state index is 12.5. The van der Waals surface area contributed by atoms with Gasteiger partial charge < -0.3 is 11.1 Å². The number of amides is 1. The summed E-state index contributed by atoms with van der Waals surface area (Å²) in [6.45, 7) is 0.489. The topological polar surface area (TPSA) is 68.0 Å². The van der Waals surface area contributed by atoms with E-state index in [-0.39, 0.29) is 17.9 Å². The molecule has 4 atom stereocenters. The molecule has 1 amide bonds. The molecule has 0 spiro atoms. The molecule has 4 nitrogen and oxygen atoms in total. The van der Waals surface area contributed by atoms with Crippen LogP contribution in [0.4, 0.5) is 0 Å². The zero-order valence-electron chi connectivity index (χ0n) is 12.9. The summed E-state index contributed by atoms with van der Waals surface area (Å²) < 4.78 is 0. The SMILES string of the molecule is NC1C2CCC(C2)C1C(=O)NCc1csc(-c2ccccc2)n1. The first-order chi connectivity index (χ1) is 11.2. The van der Waals surface area contributed by atoms with Gasteiger partial charge in [-0.3, -0.25) is 4.79 Å². The molecule has 0 saturated heterocycles. The Balaban J connectivity index is 1.38. The molecular weight excluding hydrogens is 306 g/mol. The number of thiazole rings is 1. The molecule has 2 aliphatic rings. The van der Waals surface area contributed by atoms with E-state index >= 15 is 0 Å². The van der Waals surface area contributed by atoms with Crippen molar-refractivity contribution in [3.63, 3.8) is 0 Å². The normalized spacial score (nSPS) is 28.9. The molecule has 23 heavy (non-hydrogen) atoms. The van der Waals surface area contributed by atoms with Crippen LogP contribution >= 0.6 is 11.3 Å². The van der Waals surface area contributed by atoms with E-state index in [0.717, 1.165) is 29.1 Å². The number of carbonyl (C=O) groups is 1. The highest BCUT2D eigenvalue weighted by molar-refractivity contribution is 7.13. The fraction of sp³-hybridized carbons (Fsp3) is 0.444. The van der Waals surface area contributed by atoms with Crippen molar-refractivity contribution in [2.45, 2.75) is 31.8 Å². The minimum atomic E-state index is 0.000907. The van der Waals surface area contributed by atoms with Crippen molar-refractivity contribution >= 4 is 17.2 Å². The third-order valence-electron chi connectivity index (χ3n) is 5.30. The Kier molecular flexibility index (Phi) is 3.91. The number of aromatic nitrogens is 1. The van der Waals surface area contributed by atoms with Gasteiger partial charge >= 0.3 is 0 Å². The monoisotopic (exact) mass is 327 g/mol. The van der Waals surface area contributed by atoms with Crippen LogP contribution in [0.3, 0.4) is 0 Å². The van der Waals surface area contributed by atoms with Crippen molar-refractivity contribution in [3.8, 4) is 10.6 Å². The summed E-state index contributed by atoms with van der Waals surface area (Å²) in [5, 5.41) is 6.06. The molecule has 2 aromatic rings. The second-order valence-electron chi connectivity index (χ2n) is 6.66. The van der Waals surface area contributed by atoms with Gasteiger partial charge in [0.15, 0.2) is 0 Å². The quantitative estimate of drug-likeness (QED) is 0.907. The average molecular weight is 327 g/mol. The van der Waals surface area contributed by atoms with Crippen molar-refractivity contribution in [2.75, 3.05) is 0 Å². The van der Waals surface area contributed by atoms with Crippen LogP contribution in [-0.4, -0.2) is 16.9 Å². The van der Waals surface area contributed by atoms with Gasteiger partial charge in [0.05, 0.1) is 18.2 Å². The molecule has 120 valence electrons. The Labute approximate surface area is 140 Å². The van der Waals surface area contributed by atoms with E-state index in [9.17, 15) is 4.79 Å². The third kappa shape index (κ3) is 2.79. The highest BCUT2D eigenvalue weighted by Crippen LogP contribution is 2.47. The summed E-state index contributed by atoms with van der Waals surface area (Å²) in [5.41, 5.74) is 8.27. The summed E-state index contributed by atoms with van der Waals surface area (Å²) in [5.74, 6) is 1.16. The maximum Gasteiger partial charge on any atom is 0.225 e. The van der Waals surface area contributed by atoms with Crippen LogP contribution in [0.15, 0.2) is 35.7 Å². The van der Waals surface area contributed by atoms with Gasteiger partial charge in [-0.2, -0.15) is 0 Å². The summed E-state index contributed by atoms with van der Waals surface area (Å²) in [7, 11) is 0. The third-order valence-corrected chi connectivity index (χ3v) is 6.24. The fourth-order valence-electron chi connectivity index (χ4n) is 4.12. The molecule has 2 fully saturated rings. The van der Waals surface area contributed by atoms with Crippen molar-refractivity contribution < 1.29 is 4.79 Å². The Bertz CT molecular complexity index is 697. The summed E-state index contributed by atoms with van der Waals surface area (Å²) in [4.78, 5) is 17.1. The van der Waals surface area contributed by atoms with Crippen LogP contribution in [-0.2, 0) is 11.3 Å². The molecule has 4 rings (SSSR count). The summed E-state index contributed by atoms with van der Waals surface area (Å²) in [6, 6.07) is 10.2. The number of fused-ring (bicyclic) bond motifs is 2. The number of rotatable bonds is 4. The smallest absolute Gasteiger partial charge is 0.225 e. The van der Waals surface area contributed by atoms with Gasteiger partial charge in [-0.1, -0.05) is 30.3 Å². The highest BCUT2D eigenvalue weighted by atomic mass is 32.1. The minimum absolute atomic E-state index is 0.000907. The summed E-state index contributed by atoms with van der Waals surface area (Å²) >= 11 is 1.61. The van der Waals surface area contributed by atoms with E-state index in [4.69, 9.17) is 5.73 Å². The predicted molar refractivity (Wildman–Crippen MR) is 91.7 cm³/mol. The van der Waals surface area contributed by atoms with Crippen LogP contribution in [0, 0.1) is 17.8 Å². The average Bonchev–Trinajstić information content (AvgIpc) is 3.29. The van der Waals surface area contributed by atoms with E-state index in [2.05, 4.69) is 22.4 Å². The van der Waals surface area contributed by atoms with Crippen molar-refractivity contribution in [3.05, 3.63) is 41.4 Å². The van der Waals surface area contributed by atoms with E-state index in [0.29, 0.717) is 18.4 Å². The molecule has 1 aromatic heterocycles. The first-order valence-corrected chi connectivity index (χ1v) is 9.13. The fourth-order valence-corrected chi connectivity index (χ4v) is 4.95. The lowest BCUT2D eigenvalue weighted by Crippen LogP contribution is -2.45. The van der Waals surface area contributed by atoms with Gasteiger partial charge in [-0.15, -0.1) is 11.3 Å². The van der Waals surface area contributed by atoms with Crippen LogP contribution in [0.5, 0.6) is 0 Å². The number of benzene rings is 1. The molecule has 0 radical (unpaired) electrons. The van der Waals surface area contributed by atoms with Gasteiger partial charge in [0, 0.05) is 17.0 Å². The Morgan fingerprint density at radius 3 is 2.78 bits per heavy atom. The zero-order valence-corrected chi connectivity index (χ0v) is 13.8. The first-order valence-electron chi connectivity index (χ1n) is 8.25. The van der Waals surface area contributed by atoms with Gasteiger partial charge in [-0.05, 0) is 31.1 Å². The van der Waals surface area contributed by atoms with Crippen LogP contribution < -0.4 is 11.1 Å². The lowest BCUT2D eigenvalue weighted by Gasteiger charge is -2.26. The van der Waals surface area contributed by atoms with E-state index < -0.39 is 0 Å². The number of carbonyl (C=O) groups excluding carboxylic acids is 1. The molecule has 0 aliphatic heterocycles. The predicted octanol–water partition coefficient (Wildman–Crippen LogP) is 2.80. The number of hydrogen-bond donors (Lipinski definition) is 2. The van der Waals surface area contributed by atoms with E-state index in [1.165, 1.54) is 6.42 Å². The minimum Gasteiger partial charge on any atom is -0.350 e. The standard InChI is InChI=1S/C18H21N3OS/c19-16-13-7-6-12(8-13)15(16)17(22)20-9-14-10-23-18(21-14)11-4-2-1-3-5-11/h1-5,10,12-13,15-16H,6-9,19H2,(H,20,22). The van der Waals surface area contributed by atoms with Crippen LogP contribution in [0.1, 0.15) is 25.0 Å². The van der Waals surface area contributed by atoms with Crippen LogP contribution in [0.2, 0.25) is 0 Å². The molecule has 2 bridgehead atoms. The van der Waals surface area contributed by atoms with Gasteiger partial charge in [0.1, 0.15) is 5.01 Å². The summed E-state index contributed by atoms with van der Waals surface area (Å²) in [6.07, 6.45) is 3.49. The number of nitrogens with one attached hydrogen (secondary N) is 1. The van der Waals surface area contributed by atoms with Crippen LogP contribution in [0.25, 0.3) is 10.6 Å². The molecular formula is C18H21N3OS. The molecule has 2 saturated carbocycles. The maximum atomic E-state index is 12.5. The number of nitrogens with two attached hydrogens (primary N) is 1. The van der Waals surface area contributed by atoms with Gasteiger partial charge in [0.2, 0.25) is 5.91 Å². The van der Waals surface area contributed by atoms with E-state index in [1.807, 2.05) is 23.6 Å². The Morgan fingerprint density at radius 2 is 2.04 bits per heavy atom. The highest BCUT2D eigenvalue weighted by Gasteiger charge is 2.48. The molecule has 1 heterocycles. The lowest BCUT2D eigenvalue weighted by molar-refractivity contribution is -0.127. The molecule has 4 unspecified atom stereocenters. The van der Waals surface area contributed by atoms with Crippen molar-refractivity contribution in [1.82, 2.24) is 10.3 Å². The molecule has 1 aromatic carbocycles. The molecule has 5 heteroatoms. The Hall–Kier alpha value is -1.72. The second kappa shape index (κ2) is 6.06. The lowest BCUT2D eigenvalue weighted by atomic mass is 9.84. The van der Waals surface area contributed by atoms with Gasteiger partial charge in [0.25, 0.3) is 0 Å². The second-order valence-corrected chi connectivity index (χ2v) is 7.52. The first kappa shape index (κ1) is 14.8. The molecule has 3 N–H and O–H groups in total. The van der Waals surface area contributed by atoms with E-state index in [1.54, 1.807) is 11.3 Å². The van der Waals surface area contributed by atoms with Crippen molar-refractivity contribution in [1.29, 1.82) is 0 Å². The van der Waals surface area contributed by atoms with Gasteiger partial charge in [-0.25, -0.2) is 4.98 Å². The Morgan fingerprint density at radius 1 is 1.26 bits per heavy atom. The number of nitrogens with zero attached hydrogens (tertiary/aromatic N) is 1. The number of hydrogen-bond acceptors (Lipinski definition) is 4. The zero-order chi connectivity index (χ0) is 15.8. The van der Waals surface area contributed by atoms with Crippen molar-refractivity contribution in [2.24, 2.45) is 23.5 Å². The largest absolute Gasteiger partial charge is 0.350 e.